The fourth-order valence-electron chi connectivity index (χ4n) is 2.78. The highest BCUT2D eigenvalue weighted by Gasteiger charge is 2.28. The Labute approximate surface area is 117 Å². The van der Waals surface area contributed by atoms with Gasteiger partial charge < -0.3 is 19.5 Å². The summed E-state index contributed by atoms with van der Waals surface area (Å²) in [7, 11) is 2.09. The zero-order valence-corrected chi connectivity index (χ0v) is 11.7. The smallest absolute Gasteiger partial charge is 0.231 e. The van der Waals surface area contributed by atoms with Crippen LogP contribution < -0.4 is 9.47 Å². The lowest BCUT2D eigenvalue weighted by Crippen LogP contribution is -2.36. The van der Waals surface area contributed by atoms with Gasteiger partial charge in [0.15, 0.2) is 11.5 Å². The van der Waals surface area contributed by atoms with Crippen LogP contribution in [0.4, 0.5) is 0 Å². The van der Waals surface area contributed by atoms with Crippen molar-refractivity contribution in [3.8, 4) is 11.5 Å². The van der Waals surface area contributed by atoms with Gasteiger partial charge in [-0.15, -0.1) is 0 Å². The number of nitrogens with zero attached hydrogens (tertiary/aromatic N) is 1. The van der Waals surface area contributed by atoms with E-state index in [4.69, 9.17) is 21.1 Å². The molecule has 1 aromatic rings. The van der Waals surface area contributed by atoms with Crippen molar-refractivity contribution in [2.75, 3.05) is 20.4 Å². The molecule has 1 aromatic carbocycles. The third kappa shape index (κ3) is 2.81. The van der Waals surface area contributed by atoms with E-state index >= 15 is 0 Å². The van der Waals surface area contributed by atoms with Crippen molar-refractivity contribution in [1.29, 1.82) is 0 Å². The molecule has 104 valence electrons. The third-order valence-electron chi connectivity index (χ3n) is 3.72. The van der Waals surface area contributed by atoms with Crippen molar-refractivity contribution in [3.05, 3.63) is 22.7 Å². The largest absolute Gasteiger partial charge is 0.454 e. The summed E-state index contributed by atoms with van der Waals surface area (Å²) in [6.45, 7) is 2.07. The lowest BCUT2D eigenvalue weighted by atomic mass is 9.82. The van der Waals surface area contributed by atoms with Gasteiger partial charge in [-0.25, -0.2) is 0 Å². The van der Waals surface area contributed by atoms with E-state index in [1.54, 1.807) is 0 Å². The highest BCUT2D eigenvalue weighted by atomic mass is 35.5. The summed E-state index contributed by atoms with van der Waals surface area (Å²) in [6.07, 6.45) is 1.76. The summed E-state index contributed by atoms with van der Waals surface area (Å²) in [5, 5.41) is 9.91. The number of halogens is 1. The van der Waals surface area contributed by atoms with Crippen LogP contribution in [0.2, 0.25) is 5.02 Å². The second kappa shape index (κ2) is 5.19. The van der Waals surface area contributed by atoms with E-state index in [2.05, 4.69) is 11.9 Å². The molecule has 0 spiro atoms. The number of hydrogen-bond donors (Lipinski definition) is 1. The van der Waals surface area contributed by atoms with E-state index in [1.807, 2.05) is 12.1 Å². The first-order valence-corrected chi connectivity index (χ1v) is 6.94. The Morgan fingerprint density at radius 2 is 2.16 bits per heavy atom. The molecule has 2 aliphatic rings. The molecule has 1 heterocycles. The van der Waals surface area contributed by atoms with Crippen LogP contribution in [0, 0.1) is 5.92 Å². The standard InChI is InChI=1S/C14H18ClNO3/c1-16(6-9-2-11(17)3-9)7-10-4-12(15)14-13(5-10)18-8-19-14/h4-5,9,11,17H,2-3,6-8H2,1H3. The molecule has 0 saturated heterocycles. The van der Waals surface area contributed by atoms with Crippen LogP contribution in [0.15, 0.2) is 12.1 Å². The predicted molar refractivity (Wildman–Crippen MR) is 72.6 cm³/mol. The maximum Gasteiger partial charge on any atom is 0.231 e. The van der Waals surface area contributed by atoms with Crippen molar-refractivity contribution in [3.63, 3.8) is 0 Å². The molecule has 0 radical (unpaired) electrons. The summed E-state index contributed by atoms with van der Waals surface area (Å²) >= 11 is 6.16. The number of rotatable bonds is 4. The Morgan fingerprint density at radius 1 is 1.37 bits per heavy atom. The van der Waals surface area contributed by atoms with E-state index in [1.165, 1.54) is 0 Å². The van der Waals surface area contributed by atoms with Gasteiger partial charge in [-0.3, -0.25) is 0 Å². The van der Waals surface area contributed by atoms with Crippen LogP contribution in [0.1, 0.15) is 18.4 Å². The van der Waals surface area contributed by atoms with Gasteiger partial charge in [0.1, 0.15) is 0 Å². The van der Waals surface area contributed by atoms with Gasteiger partial charge in [0.25, 0.3) is 0 Å². The minimum atomic E-state index is -0.0848. The zero-order valence-electron chi connectivity index (χ0n) is 10.9. The maximum atomic E-state index is 9.30. The van der Waals surface area contributed by atoms with E-state index in [-0.39, 0.29) is 12.9 Å². The van der Waals surface area contributed by atoms with Crippen molar-refractivity contribution >= 4 is 11.6 Å². The fourth-order valence-corrected chi connectivity index (χ4v) is 3.07. The topological polar surface area (TPSA) is 41.9 Å². The first-order chi connectivity index (χ1) is 9.11. The van der Waals surface area contributed by atoms with Crippen LogP contribution in [0.5, 0.6) is 11.5 Å². The summed E-state index contributed by atoms with van der Waals surface area (Å²) in [5.74, 6) is 2.00. The molecule has 0 aromatic heterocycles. The molecule has 1 saturated carbocycles. The Kier molecular flexibility index (Phi) is 3.56. The number of hydrogen-bond acceptors (Lipinski definition) is 4. The minimum absolute atomic E-state index is 0.0848. The Balaban J connectivity index is 1.61. The second-order valence-electron chi connectivity index (χ2n) is 5.50. The Morgan fingerprint density at radius 3 is 2.89 bits per heavy atom. The first-order valence-electron chi connectivity index (χ1n) is 6.56. The summed E-state index contributed by atoms with van der Waals surface area (Å²) in [4.78, 5) is 2.25. The van der Waals surface area contributed by atoms with Crippen LogP contribution in [0.25, 0.3) is 0 Å². The molecule has 0 unspecified atom stereocenters. The summed E-state index contributed by atoms with van der Waals surface area (Å²) < 4.78 is 10.7. The zero-order chi connectivity index (χ0) is 13.4. The number of ether oxygens (including phenoxy) is 2. The molecule has 1 fully saturated rings. The van der Waals surface area contributed by atoms with Crippen LogP contribution in [0.3, 0.4) is 0 Å². The lowest BCUT2D eigenvalue weighted by molar-refractivity contribution is 0.0274. The van der Waals surface area contributed by atoms with Crippen LogP contribution >= 0.6 is 11.6 Å². The molecule has 3 rings (SSSR count). The maximum absolute atomic E-state index is 9.30. The SMILES string of the molecule is CN(Cc1cc(Cl)c2c(c1)OCO2)CC1CC(O)C1. The van der Waals surface area contributed by atoms with Crippen molar-refractivity contribution in [2.45, 2.75) is 25.5 Å². The van der Waals surface area contributed by atoms with Gasteiger partial charge in [-0.05, 0) is 43.5 Å². The molecule has 0 bridgehead atoms. The molecular weight excluding hydrogens is 266 g/mol. The van der Waals surface area contributed by atoms with Gasteiger partial charge in [0, 0.05) is 13.1 Å². The van der Waals surface area contributed by atoms with Gasteiger partial charge >= 0.3 is 0 Å². The predicted octanol–water partition coefficient (Wildman–Crippen LogP) is 2.27. The van der Waals surface area contributed by atoms with E-state index in [0.29, 0.717) is 16.7 Å². The molecule has 0 amide bonds. The highest BCUT2D eigenvalue weighted by Crippen LogP contribution is 2.40. The Bertz CT molecular complexity index is 474. The molecule has 0 atom stereocenters. The molecule has 1 aliphatic carbocycles. The van der Waals surface area contributed by atoms with Crippen molar-refractivity contribution < 1.29 is 14.6 Å². The number of benzene rings is 1. The molecule has 5 heteroatoms. The first kappa shape index (κ1) is 13.0. The van der Waals surface area contributed by atoms with Gasteiger partial charge in [-0.2, -0.15) is 0 Å². The molecule has 4 nitrogen and oxygen atoms in total. The van der Waals surface area contributed by atoms with E-state index in [9.17, 15) is 5.11 Å². The lowest BCUT2D eigenvalue weighted by Gasteiger charge is -2.34. The van der Waals surface area contributed by atoms with Gasteiger partial charge in [0.2, 0.25) is 6.79 Å². The quantitative estimate of drug-likeness (QED) is 0.920. The summed E-state index contributed by atoms with van der Waals surface area (Å²) in [6, 6.07) is 3.92. The number of aliphatic hydroxyl groups excluding tert-OH is 1. The van der Waals surface area contributed by atoms with Crippen molar-refractivity contribution in [2.24, 2.45) is 5.92 Å². The third-order valence-corrected chi connectivity index (χ3v) is 4.00. The average molecular weight is 284 g/mol. The summed E-state index contributed by atoms with van der Waals surface area (Å²) in [5.41, 5.74) is 1.12. The fraction of sp³-hybridized carbons (Fsp3) is 0.571. The highest BCUT2D eigenvalue weighted by molar-refractivity contribution is 6.32. The van der Waals surface area contributed by atoms with E-state index in [0.717, 1.165) is 37.2 Å². The molecule has 19 heavy (non-hydrogen) atoms. The second-order valence-corrected chi connectivity index (χ2v) is 5.91. The van der Waals surface area contributed by atoms with Crippen LogP contribution in [-0.4, -0.2) is 36.5 Å². The number of aliphatic hydroxyl groups is 1. The Hall–Kier alpha value is -0.970. The normalized spacial score (nSPS) is 24.6. The molecular formula is C14H18ClNO3. The van der Waals surface area contributed by atoms with Gasteiger partial charge in [-0.1, -0.05) is 11.6 Å². The molecule has 1 aliphatic heterocycles. The van der Waals surface area contributed by atoms with Crippen molar-refractivity contribution in [1.82, 2.24) is 4.90 Å². The van der Waals surface area contributed by atoms with Crippen LogP contribution in [-0.2, 0) is 6.54 Å². The minimum Gasteiger partial charge on any atom is -0.454 e. The molecule has 1 N–H and O–H groups in total. The average Bonchev–Trinajstić information content (AvgIpc) is 2.75. The number of fused-ring (bicyclic) bond motifs is 1. The van der Waals surface area contributed by atoms with E-state index < -0.39 is 0 Å². The van der Waals surface area contributed by atoms with Gasteiger partial charge in [0.05, 0.1) is 11.1 Å². The monoisotopic (exact) mass is 283 g/mol.